The number of halogens is 2. The van der Waals surface area contributed by atoms with Gasteiger partial charge in [-0.1, -0.05) is 41.4 Å². The summed E-state index contributed by atoms with van der Waals surface area (Å²) in [4.78, 5) is 21.5. The standard InChI is InChI=1S/C18H18Cl2N8/c19-12-10-14(20)15(22-11-12)27-6-8-28(9-7-27)18-25-16(21)24-17(26-18)23-13-4-2-1-3-5-13/h1-5,10-11H,6-9H2,(H3,21,23,24,25,26). The molecule has 10 heteroatoms. The Morgan fingerprint density at radius 1 is 0.929 bits per heavy atom. The Bertz CT molecular complexity index is 961. The quantitative estimate of drug-likeness (QED) is 0.668. The van der Waals surface area contributed by atoms with Crippen molar-refractivity contribution >= 4 is 52.6 Å². The molecule has 3 heterocycles. The Hall–Kier alpha value is -2.84. The first-order valence-corrected chi connectivity index (χ1v) is 9.48. The van der Waals surface area contributed by atoms with Crippen molar-refractivity contribution in [1.82, 2.24) is 19.9 Å². The van der Waals surface area contributed by atoms with Crippen LogP contribution in [-0.2, 0) is 0 Å². The van der Waals surface area contributed by atoms with Gasteiger partial charge in [0.15, 0.2) is 0 Å². The maximum atomic E-state index is 6.27. The van der Waals surface area contributed by atoms with E-state index < -0.39 is 0 Å². The molecular weight excluding hydrogens is 399 g/mol. The van der Waals surface area contributed by atoms with Crippen LogP contribution in [0.2, 0.25) is 10.0 Å². The van der Waals surface area contributed by atoms with E-state index in [2.05, 4.69) is 35.1 Å². The number of nitrogens with zero attached hydrogens (tertiary/aromatic N) is 6. The van der Waals surface area contributed by atoms with Gasteiger partial charge >= 0.3 is 0 Å². The highest BCUT2D eigenvalue weighted by Gasteiger charge is 2.22. The Kier molecular flexibility index (Phi) is 5.31. The number of piperazine rings is 1. The van der Waals surface area contributed by atoms with E-state index in [1.807, 2.05) is 30.3 Å². The van der Waals surface area contributed by atoms with Crippen molar-refractivity contribution in [3.8, 4) is 0 Å². The highest BCUT2D eigenvalue weighted by atomic mass is 35.5. The van der Waals surface area contributed by atoms with Crippen LogP contribution in [0.5, 0.6) is 0 Å². The van der Waals surface area contributed by atoms with Gasteiger partial charge in [-0.15, -0.1) is 0 Å². The number of benzene rings is 1. The largest absolute Gasteiger partial charge is 0.368 e. The predicted molar refractivity (Wildman–Crippen MR) is 113 cm³/mol. The van der Waals surface area contributed by atoms with Gasteiger partial charge in [-0.2, -0.15) is 15.0 Å². The highest BCUT2D eigenvalue weighted by Crippen LogP contribution is 2.27. The van der Waals surface area contributed by atoms with E-state index >= 15 is 0 Å². The molecule has 0 amide bonds. The smallest absolute Gasteiger partial charge is 0.233 e. The molecule has 1 fully saturated rings. The van der Waals surface area contributed by atoms with Gasteiger partial charge in [0.2, 0.25) is 17.8 Å². The van der Waals surface area contributed by atoms with E-state index in [0.29, 0.717) is 35.0 Å². The molecule has 0 atom stereocenters. The maximum absolute atomic E-state index is 6.27. The molecule has 3 N–H and O–H groups in total. The second kappa shape index (κ2) is 8.04. The van der Waals surface area contributed by atoms with Gasteiger partial charge in [0.25, 0.3) is 0 Å². The molecule has 4 rings (SSSR count). The van der Waals surface area contributed by atoms with Crippen molar-refractivity contribution in [3.05, 3.63) is 52.6 Å². The number of rotatable bonds is 4. The molecule has 1 aliphatic heterocycles. The third kappa shape index (κ3) is 4.18. The Morgan fingerprint density at radius 2 is 1.64 bits per heavy atom. The number of anilines is 5. The van der Waals surface area contributed by atoms with Crippen molar-refractivity contribution in [1.29, 1.82) is 0 Å². The zero-order valence-electron chi connectivity index (χ0n) is 14.9. The van der Waals surface area contributed by atoms with E-state index in [9.17, 15) is 0 Å². The Morgan fingerprint density at radius 3 is 2.36 bits per heavy atom. The second-order valence-electron chi connectivity index (χ2n) is 6.24. The molecule has 28 heavy (non-hydrogen) atoms. The molecule has 0 unspecified atom stereocenters. The first-order chi connectivity index (χ1) is 13.6. The van der Waals surface area contributed by atoms with Crippen molar-refractivity contribution in [2.45, 2.75) is 0 Å². The van der Waals surface area contributed by atoms with Gasteiger partial charge in [-0.3, -0.25) is 0 Å². The van der Waals surface area contributed by atoms with E-state index in [-0.39, 0.29) is 5.95 Å². The number of nitrogens with one attached hydrogen (secondary N) is 1. The number of nitrogens with two attached hydrogens (primary N) is 1. The number of nitrogen functional groups attached to an aromatic ring is 1. The van der Waals surface area contributed by atoms with Crippen LogP contribution in [0.25, 0.3) is 0 Å². The zero-order chi connectivity index (χ0) is 19.5. The zero-order valence-corrected chi connectivity index (χ0v) is 16.4. The number of aromatic nitrogens is 4. The maximum Gasteiger partial charge on any atom is 0.233 e. The minimum Gasteiger partial charge on any atom is -0.368 e. The van der Waals surface area contributed by atoms with Crippen LogP contribution in [0.1, 0.15) is 0 Å². The summed E-state index contributed by atoms with van der Waals surface area (Å²) < 4.78 is 0. The van der Waals surface area contributed by atoms with Crippen LogP contribution >= 0.6 is 23.2 Å². The lowest BCUT2D eigenvalue weighted by molar-refractivity contribution is 0.634. The van der Waals surface area contributed by atoms with E-state index in [4.69, 9.17) is 28.9 Å². The van der Waals surface area contributed by atoms with Crippen LogP contribution in [0, 0.1) is 0 Å². The van der Waals surface area contributed by atoms with Crippen LogP contribution in [0.15, 0.2) is 42.6 Å². The van der Waals surface area contributed by atoms with Gasteiger partial charge < -0.3 is 20.9 Å². The minimum absolute atomic E-state index is 0.174. The van der Waals surface area contributed by atoms with Gasteiger partial charge in [-0.05, 0) is 18.2 Å². The lowest BCUT2D eigenvalue weighted by Gasteiger charge is -2.35. The molecule has 144 valence electrons. The fourth-order valence-corrected chi connectivity index (χ4v) is 3.49. The second-order valence-corrected chi connectivity index (χ2v) is 7.08. The number of hydrogen-bond donors (Lipinski definition) is 2. The fourth-order valence-electron chi connectivity index (χ4n) is 2.99. The third-order valence-electron chi connectivity index (χ3n) is 4.32. The lowest BCUT2D eigenvalue weighted by atomic mass is 10.3. The normalized spacial score (nSPS) is 14.2. The minimum atomic E-state index is 0.174. The molecule has 8 nitrogen and oxygen atoms in total. The van der Waals surface area contributed by atoms with Gasteiger partial charge in [-0.25, -0.2) is 4.98 Å². The van der Waals surface area contributed by atoms with Gasteiger partial charge in [0, 0.05) is 38.1 Å². The molecule has 1 aliphatic rings. The first kappa shape index (κ1) is 18.5. The summed E-state index contributed by atoms with van der Waals surface area (Å²) in [6, 6.07) is 11.4. The first-order valence-electron chi connectivity index (χ1n) is 8.73. The summed E-state index contributed by atoms with van der Waals surface area (Å²) in [5.41, 5.74) is 6.77. The monoisotopic (exact) mass is 416 g/mol. The predicted octanol–water partition coefficient (Wildman–Crippen LogP) is 3.23. The van der Waals surface area contributed by atoms with Crippen LogP contribution in [0.4, 0.5) is 29.4 Å². The average Bonchev–Trinajstić information content (AvgIpc) is 2.68. The van der Waals surface area contributed by atoms with E-state index in [0.717, 1.165) is 24.6 Å². The molecule has 1 aromatic carbocycles. The van der Waals surface area contributed by atoms with E-state index in [1.165, 1.54) is 0 Å². The van der Waals surface area contributed by atoms with Gasteiger partial charge in [0.05, 0.1) is 10.0 Å². The van der Waals surface area contributed by atoms with E-state index in [1.54, 1.807) is 12.3 Å². The summed E-state index contributed by atoms with van der Waals surface area (Å²) in [6.45, 7) is 2.85. The van der Waals surface area contributed by atoms with Crippen molar-refractivity contribution < 1.29 is 0 Å². The SMILES string of the molecule is Nc1nc(Nc2ccccc2)nc(N2CCN(c3ncc(Cl)cc3Cl)CC2)n1. The summed E-state index contributed by atoms with van der Waals surface area (Å²) >= 11 is 12.2. The number of para-hydroxylation sites is 1. The topological polar surface area (TPSA) is 96.1 Å². The van der Waals surface area contributed by atoms with Crippen molar-refractivity contribution in [2.75, 3.05) is 47.0 Å². The molecular formula is C18H18Cl2N8. The van der Waals surface area contributed by atoms with Crippen molar-refractivity contribution in [2.24, 2.45) is 0 Å². The summed E-state index contributed by atoms with van der Waals surface area (Å²) in [5, 5.41) is 4.21. The van der Waals surface area contributed by atoms with Crippen molar-refractivity contribution in [3.63, 3.8) is 0 Å². The summed E-state index contributed by atoms with van der Waals surface area (Å²) in [7, 11) is 0. The van der Waals surface area contributed by atoms with Crippen LogP contribution in [-0.4, -0.2) is 46.1 Å². The lowest BCUT2D eigenvalue weighted by Crippen LogP contribution is -2.47. The molecule has 0 bridgehead atoms. The molecule has 0 radical (unpaired) electrons. The van der Waals surface area contributed by atoms with Crippen LogP contribution in [0.3, 0.4) is 0 Å². The average molecular weight is 417 g/mol. The van der Waals surface area contributed by atoms with Crippen LogP contribution < -0.4 is 20.9 Å². The summed E-state index contributed by atoms with van der Waals surface area (Å²) in [5.74, 6) is 1.86. The Balaban J connectivity index is 1.47. The molecule has 1 saturated heterocycles. The summed E-state index contributed by atoms with van der Waals surface area (Å²) in [6.07, 6.45) is 1.60. The fraction of sp³-hybridized carbons (Fsp3) is 0.222. The third-order valence-corrected chi connectivity index (χ3v) is 4.81. The molecule has 2 aromatic heterocycles. The molecule has 0 aliphatic carbocycles. The Labute approximate surface area is 172 Å². The molecule has 0 spiro atoms. The number of pyridine rings is 1. The molecule has 3 aromatic rings. The van der Waals surface area contributed by atoms with Gasteiger partial charge in [0.1, 0.15) is 5.82 Å². The number of hydrogen-bond acceptors (Lipinski definition) is 8. The molecule has 0 saturated carbocycles. The highest BCUT2D eigenvalue weighted by molar-refractivity contribution is 6.36.